The lowest BCUT2D eigenvalue weighted by molar-refractivity contribution is 0.425. The Labute approximate surface area is 115 Å². The number of rotatable bonds is 3. The van der Waals surface area contributed by atoms with Crippen LogP contribution in [0.2, 0.25) is 0 Å². The van der Waals surface area contributed by atoms with Crippen LogP contribution in [0.3, 0.4) is 0 Å². The first-order valence-corrected chi connectivity index (χ1v) is 6.20. The van der Waals surface area contributed by atoms with Gasteiger partial charge in [-0.15, -0.1) is 0 Å². The molecule has 0 atom stereocenters. The molecule has 0 radical (unpaired) electrons. The number of benzene rings is 2. The molecule has 6 heteroatoms. The van der Waals surface area contributed by atoms with E-state index in [9.17, 15) is 4.39 Å². The summed E-state index contributed by atoms with van der Waals surface area (Å²) in [5, 5.41) is 23.3. The predicted molar refractivity (Wildman–Crippen MR) is 75.1 cm³/mol. The molecule has 2 aromatic carbocycles. The van der Waals surface area contributed by atoms with Crippen LogP contribution in [-0.4, -0.2) is 26.9 Å². The molecule has 0 aliphatic rings. The molecule has 0 unspecified atom stereocenters. The Morgan fingerprint density at radius 2 is 1.95 bits per heavy atom. The third-order valence-electron chi connectivity index (χ3n) is 3.25. The Kier molecular flexibility index (Phi) is 3.26. The molecule has 100 valence electrons. The average molecular weight is 270 g/mol. The first-order valence-electron chi connectivity index (χ1n) is 6.20. The van der Waals surface area contributed by atoms with Crippen molar-refractivity contribution in [2.45, 2.75) is 6.54 Å². The van der Waals surface area contributed by atoms with E-state index in [1.807, 2.05) is 24.3 Å². The summed E-state index contributed by atoms with van der Waals surface area (Å²) in [7, 11) is -1.66. The summed E-state index contributed by atoms with van der Waals surface area (Å²) >= 11 is 0. The van der Waals surface area contributed by atoms with Crippen LogP contribution in [0.25, 0.3) is 10.9 Å². The lowest BCUT2D eigenvalue weighted by Gasteiger charge is -2.07. The van der Waals surface area contributed by atoms with Crippen LogP contribution in [0.5, 0.6) is 0 Å². The lowest BCUT2D eigenvalue weighted by Crippen LogP contribution is -2.30. The Hall–Kier alpha value is -2.18. The molecular formula is C14H12BFN2O2. The zero-order valence-electron chi connectivity index (χ0n) is 10.6. The molecule has 2 N–H and O–H groups in total. The maximum absolute atomic E-state index is 13.9. The minimum Gasteiger partial charge on any atom is -0.423 e. The van der Waals surface area contributed by atoms with Crippen molar-refractivity contribution in [1.82, 2.24) is 9.78 Å². The van der Waals surface area contributed by atoms with E-state index in [1.165, 1.54) is 6.07 Å². The second kappa shape index (κ2) is 5.07. The predicted octanol–water partition coefficient (Wildman–Crippen LogP) is 0.903. The SMILES string of the molecule is OB(O)c1ccc(Cn2ncc3ccccc32)c(F)c1. The maximum Gasteiger partial charge on any atom is 0.488 e. The van der Waals surface area contributed by atoms with Crippen molar-refractivity contribution in [3.05, 3.63) is 60.0 Å². The summed E-state index contributed by atoms with van der Waals surface area (Å²) in [5.74, 6) is -0.477. The first-order chi connectivity index (χ1) is 9.65. The molecular weight excluding hydrogens is 258 g/mol. The summed E-state index contributed by atoms with van der Waals surface area (Å²) < 4.78 is 15.7. The summed E-state index contributed by atoms with van der Waals surface area (Å²) in [4.78, 5) is 0. The van der Waals surface area contributed by atoms with E-state index < -0.39 is 12.9 Å². The molecule has 20 heavy (non-hydrogen) atoms. The van der Waals surface area contributed by atoms with E-state index >= 15 is 0 Å². The Morgan fingerprint density at radius 1 is 1.15 bits per heavy atom. The molecule has 1 aromatic heterocycles. The minimum absolute atomic E-state index is 0.136. The van der Waals surface area contributed by atoms with Crippen molar-refractivity contribution in [2.24, 2.45) is 0 Å². The summed E-state index contributed by atoms with van der Waals surface area (Å²) in [5.41, 5.74) is 1.51. The molecule has 1 heterocycles. The van der Waals surface area contributed by atoms with Gasteiger partial charge in [0, 0.05) is 10.9 Å². The fourth-order valence-corrected chi connectivity index (χ4v) is 2.17. The highest BCUT2D eigenvalue weighted by Gasteiger charge is 2.14. The molecule has 3 aromatic rings. The van der Waals surface area contributed by atoms with Gasteiger partial charge in [-0.25, -0.2) is 4.39 Å². The monoisotopic (exact) mass is 270 g/mol. The van der Waals surface area contributed by atoms with Gasteiger partial charge in [0.15, 0.2) is 0 Å². The van der Waals surface area contributed by atoms with Crippen LogP contribution in [0, 0.1) is 5.82 Å². The summed E-state index contributed by atoms with van der Waals surface area (Å²) in [6, 6.07) is 11.9. The van der Waals surface area contributed by atoms with Gasteiger partial charge in [0.05, 0.1) is 18.3 Å². The topological polar surface area (TPSA) is 58.3 Å². The maximum atomic E-state index is 13.9. The fraction of sp³-hybridized carbons (Fsp3) is 0.0714. The quantitative estimate of drug-likeness (QED) is 0.695. The van der Waals surface area contributed by atoms with Crippen molar-refractivity contribution in [3.63, 3.8) is 0 Å². The number of hydrogen-bond acceptors (Lipinski definition) is 3. The van der Waals surface area contributed by atoms with Gasteiger partial charge in [-0.2, -0.15) is 5.10 Å². The van der Waals surface area contributed by atoms with Crippen molar-refractivity contribution < 1.29 is 14.4 Å². The number of halogens is 1. The van der Waals surface area contributed by atoms with Crippen molar-refractivity contribution in [2.75, 3.05) is 0 Å². The van der Waals surface area contributed by atoms with E-state index in [0.717, 1.165) is 17.0 Å². The van der Waals surface area contributed by atoms with Gasteiger partial charge in [0.2, 0.25) is 0 Å². The highest BCUT2D eigenvalue weighted by atomic mass is 19.1. The molecule has 0 bridgehead atoms. The molecule has 0 aliphatic carbocycles. The van der Waals surface area contributed by atoms with Crippen molar-refractivity contribution in [3.8, 4) is 0 Å². The molecule has 3 rings (SSSR count). The van der Waals surface area contributed by atoms with Crippen molar-refractivity contribution in [1.29, 1.82) is 0 Å². The van der Waals surface area contributed by atoms with Gasteiger partial charge in [0.25, 0.3) is 0 Å². The van der Waals surface area contributed by atoms with Gasteiger partial charge in [-0.05, 0) is 17.6 Å². The molecule has 0 amide bonds. The van der Waals surface area contributed by atoms with E-state index in [-0.39, 0.29) is 5.46 Å². The van der Waals surface area contributed by atoms with Crippen molar-refractivity contribution >= 4 is 23.5 Å². The highest BCUT2D eigenvalue weighted by Crippen LogP contribution is 2.15. The number of aromatic nitrogens is 2. The largest absolute Gasteiger partial charge is 0.488 e. The Balaban J connectivity index is 1.95. The molecule has 0 saturated carbocycles. The average Bonchev–Trinajstić information content (AvgIpc) is 2.84. The highest BCUT2D eigenvalue weighted by molar-refractivity contribution is 6.58. The van der Waals surface area contributed by atoms with Gasteiger partial charge in [-0.1, -0.05) is 30.3 Å². The minimum atomic E-state index is -1.66. The van der Waals surface area contributed by atoms with Gasteiger partial charge >= 0.3 is 7.12 Å². The van der Waals surface area contributed by atoms with Crippen LogP contribution in [-0.2, 0) is 6.54 Å². The van der Waals surface area contributed by atoms with Crippen LogP contribution in [0.15, 0.2) is 48.7 Å². The van der Waals surface area contributed by atoms with Gasteiger partial charge in [-0.3, -0.25) is 4.68 Å². The van der Waals surface area contributed by atoms with E-state index in [0.29, 0.717) is 12.1 Å². The lowest BCUT2D eigenvalue weighted by atomic mass is 9.80. The van der Waals surface area contributed by atoms with E-state index in [4.69, 9.17) is 10.0 Å². The number of nitrogens with zero attached hydrogens (tertiary/aromatic N) is 2. The molecule has 0 aliphatic heterocycles. The second-order valence-corrected chi connectivity index (χ2v) is 4.59. The molecule has 0 saturated heterocycles. The molecule has 0 fully saturated rings. The fourth-order valence-electron chi connectivity index (χ4n) is 2.17. The van der Waals surface area contributed by atoms with Crippen LogP contribution < -0.4 is 5.46 Å². The third kappa shape index (κ3) is 2.31. The van der Waals surface area contributed by atoms with Gasteiger partial charge in [0.1, 0.15) is 5.82 Å². The second-order valence-electron chi connectivity index (χ2n) is 4.59. The van der Waals surface area contributed by atoms with E-state index in [1.54, 1.807) is 16.9 Å². The summed E-state index contributed by atoms with van der Waals surface area (Å²) in [6.07, 6.45) is 1.74. The normalized spacial score (nSPS) is 10.9. The van der Waals surface area contributed by atoms with Crippen LogP contribution in [0.1, 0.15) is 5.56 Å². The summed E-state index contributed by atoms with van der Waals surface area (Å²) in [6.45, 7) is 0.293. The number of para-hydroxylation sites is 1. The zero-order chi connectivity index (χ0) is 14.1. The van der Waals surface area contributed by atoms with Gasteiger partial charge < -0.3 is 10.0 Å². The Morgan fingerprint density at radius 3 is 2.70 bits per heavy atom. The Bertz CT molecular complexity index is 758. The van der Waals surface area contributed by atoms with E-state index in [2.05, 4.69) is 5.10 Å². The standard InChI is InChI=1S/C14H12BFN2O2/c16-13-7-12(15(19)20)6-5-11(13)9-18-14-4-2-1-3-10(14)8-17-18/h1-8,19-20H,9H2. The van der Waals surface area contributed by atoms with Crippen LogP contribution in [0.4, 0.5) is 4.39 Å². The number of fused-ring (bicyclic) bond motifs is 1. The van der Waals surface area contributed by atoms with Crippen LogP contribution >= 0.6 is 0 Å². The smallest absolute Gasteiger partial charge is 0.423 e. The first kappa shape index (κ1) is 12.8. The zero-order valence-corrected chi connectivity index (χ0v) is 10.6. The molecule has 4 nitrogen and oxygen atoms in total. The number of hydrogen-bond donors (Lipinski definition) is 2. The third-order valence-corrected chi connectivity index (χ3v) is 3.25. The molecule has 0 spiro atoms.